The van der Waals surface area contributed by atoms with Crippen LogP contribution in [0.25, 0.3) is 0 Å². The molecule has 1 heterocycles. The van der Waals surface area contributed by atoms with Crippen molar-refractivity contribution in [2.45, 2.75) is 11.1 Å². The van der Waals surface area contributed by atoms with Gasteiger partial charge in [-0.15, -0.1) is 0 Å². The molecule has 1 atom stereocenters. The second-order valence-electron chi connectivity index (χ2n) is 7.16. The zero-order valence-corrected chi connectivity index (χ0v) is 20.0. The molecule has 3 aromatic rings. The highest BCUT2D eigenvalue weighted by Crippen LogP contribution is 2.37. The molecule has 0 radical (unpaired) electrons. The highest BCUT2D eigenvalue weighted by molar-refractivity contribution is 7.93. The molecule has 0 spiro atoms. The number of pyridine rings is 1. The molecule has 35 heavy (non-hydrogen) atoms. The van der Waals surface area contributed by atoms with Gasteiger partial charge in [-0.3, -0.25) is 4.79 Å². The highest BCUT2D eigenvalue weighted by atomic mass is 32.2. The molecule has 1 aromatic heterocycles. The van der Waals surface area contributed by atoms with Gasteiger partial charge < -0.3 is 19.5 Å². The second-order valence-corrected chi connectivity index (χ2v) is 9.60. The Balaban J connectivity index is 2.02. The third-order valence-electron chi connectivity index (χ3n) is 4.88. The van der Waals surface area contributed by atoms with Crippen molar-refractivity contribution in [2.24, 2.45) is 4.36 Å². The number of alkyl halides is 3. The summed E-state index contributed by atoms with van der Waals surface area (Å²) in [4.78, 5) is 17.1. The van der Waals surface area contributed by atoms with Crippen LogP contribution in [0, 0.1) is 0 Å². The third-order valence-corrected chi connectivity index (χ3v) is 6.70. The van der Waals surface area contributed by atoms with E-state index in [1.54, 1.807) is 18.2 Å². The van der Waals surface area contributed by atoms with Crippen LogP contribution in [0.1, 0.15) is 15.9 Å². The largest absolute Gasteiger partial charge is 0.497 e. The normalized spacial score (nSPS) is 12.9. The first-order chi connectivity index (χ1) is 16.5. The van der Waals surface area contributed by atoms with Crippen LogP contribution < -0.4 is 19.5 Å². The Bertz CT molecular complexity index is 1370. The first-order valence-corrected chi connectivity index (χ1v) is 11.9. The van der Waals surface area contributed by atoms with Crippen LogP contribution in [0.15, 0.2) is 64.0 Å². The van der Waals surface area contributed by atoms with Gasteiger partial charge in [-0.25, -0.2) is 13.6 Å². The van der Waals surface area contributed by atoms with Crippen molar-refractivity contribution in [3.8, 4) is 23.1 Å². The number of benzene rings is 2. The van der Waals surface area contributed by atoms with E-state index in [-0.39, 0.29) is 23.1 Å². The number of ether oxygens (including phenoxy) is 3. The summed E-state index contributed by atoms with van der Waals surface area (Å²) < 4.78 is 72.5. The summed E-state index contributed by atoms with van der Waals surface area (Å²) in [5.41, 5.74) is -1.40. The third kappa shape index (κ3) is 6.01. The van der Waals surface area contributed by atoms with Crippen LogP contribution in [0.5, 0.6) is 23.1 Å². The fourth-order valence-corrected chi connectivity index (χ4v) is 3.82. The number of nitrogens with zero attached hydrogens (tertiary/aromatic N) is 2. The molecule has 0 aliphatic rings. The van der Waals surface area contributed by atoms with Gasteiger partial charge >= 0.3 is 6.18 Å². The van der Waals surface area contributed by atoms with E-state index in [4.69, 9.17) is 14.2 Å². The molecule has 0 saturated heterocycles. The molecule has 0 saturated carbocycles. The highest BCUT2D eigenvalue weighted by Gasteiger charge is 2.33. The van der Waals surface area contributed by atoms with Gasteiger partial charge in [0, 0.05) is 36.1 Å². The SMILES string of the molecule is CN=S(C)(=O)c1cccc(NC(=O)c2cc(C(F)(F)F)cnc2Oc2ccc(OC)cc2OC)c1. The number of hydrogen-bond donors (Lipinski definition) is 1. The lowest BCUT2D eigenvalue weighted by Gasteiger charge is -2.15. The van der Waals surface area contributed by atoms with Gasteiger partial charge in [0.05, 0.1) is 29.5 Å². The van der Waals surface area contributed by atoms with E-state index in [0.717, 1.165) is 0 Å². The van der Waals surface area contributed by atoms with E-state index in [2.05, 4.69) is 14.7 Å². The first kappa shape index (κ1) is 25.8. The predicted molar refractivity (Wildman–Crippen MR) is 124 cm³/mol. The van der Waals surface area contributed by atoms with Gasteiger partial charge in [-0.05, 0) is 36.4 Å². The van der Waals surface area contributed by atoms with E-state index < -0.39 is 32.9 Å². The van der Waals surface area contributed by atoms with Crippen LogP contribution >= 0.6 is 0 Å². The minimum Gasteiger partial charge on any atom is -0.497 e. The minimum absolute atomic E-state index is 0.104. The number of carbonyl (C=O) groups excluding carboxylic acids is 1. The van der Waals surface area contributed by atoms with Crippen molar-refractivity contribution in [3.63, 3.8) is 0 Å². The molecule has 1 N–H and O–H groups in total. The summed E-state index contributed by atoms with van der Waals surface area (Å²) in [6, 6.07) is 11.2. The maximum Gasteiger partial charge on any atom is 0.417 e. The maximum atomic E-state index is 13.4. The summed E-state index contributed by atoms with van der Waals surface area (Å²) in [5, 5.41) is 2.50. The van der Waals surface area contributed by atoms with E-state index >= 15 is 0 Å². The lowest BCUT2D eigenvalue weighted by molar-refractivity contribution is -0.137. The average molecular weight is 510 g/mol. The van der Waals surface area contributed by atoms with Gasteiger partial charge in [0.2, 0.25) is 5.88 Å². The van der Waals surface area contributed by atoms with Crippen molar-refractivity contribution in [3.05, 3.63) is 65.9 Å². The van der Waals surface area contributed by atoms with Gasteiger partial charge in [-0.2, -0.15) is 13.2 Å². The lowest BCUT2D eigenvalue weighted by atomic mass is 10.1. The van der Waals surface area contributed by atoms with E-state index in [9.17, 15) is 22.2 Å². The number of aromatic nitrogens is 1. The van der Waals surface area contributed by atoms with Crippen molar-refractivity contribution in [1.29, 1.82) is 0 Å². The Hall–Kier alpha value is -3.80. The molecule has 0 bridgehead atoms. The number of carbonyl (C=O) groups is 1. The number of methoxy groups -OCH3 is 2. The van der Waals surface area contributed by atoms with Crippen molar-refractivity contribution >= 4 is 21.3 Å². The van der Waals surface area contributed by atoms with Crippen LogP contribution in [0.3, 0.4) is 0 Å². The van der Waals surface area contributed by atoms with Crippen molar-refractivity contribution in [1.82, 2.24) is 4.98 Å². The molecule has 3 rings (SSSR count). The van der Waals surface area contributed by atoms with Crippen LogP contribution in [0.2, 0.25) is 0 Å². The molecule has 1 amide bonds. The smallest absolute Gasteiger partial charge is 0.417 e. The Morgan fingerprint density at radius 3 is 2.43 bits per heavy atom. The summed E-state index contributed by atoms with van der Waals surface area (Å²) in [6.07, 6.45) is -2.74. The standard InChI is InChI=1S/C23H22F3N3O5S/c1-27-35(4,31)17-7-5-6-15(11-17)29-21(30)18-10-14(23(24,25)26)13-28-22(18)34-19-9-8-16(32-2)12-20(19)33-3/h5-13H,1-4H3,(H,29,30). The minimum atomic E-state index is -4.74. The van der Waals surface area contributed by atoms with E-state index in [1.165, 1.54) is 51.8 Å². The number of halogens is 3. The Morgan fingerprint density at radius 2 is 1.80 bits per heavy atom. The zero-order chi connectivity index (χ0) is 25.8. The van der Waals surface area contributed by atoms with E-state index in [1.807, 2.05) is 0 Å². The first-order valence-electron chi connectivity index (χ1n) is 9.97. The molecule has 0 aliphatic heterocycles. The molecule has 12 heteroatoms. The fraction of sp³-hybridized carbons (Fsp3) is 0.217. The molecule has 1 unspecified atom stereocenters. The monoisotopic (exact) mass is 509 g/mol. The molecular formula is C23H22F3N3O5S. The lowest BCUT2D eigenvalue weighted by Crippen LogP contribution is -2.16. The molecule has 8 nitrogen and oxygen atoms in total. The van der Waals surface area contributed by atoms with Crippen molar-refractivity contribution < 1.29 is 36.4 Å². The number of nitrogens with one attached hydrogen (secondary N) is 1. The molecular weight excluding hydrogens is 487 g/mol. The fourth-order valence-electron chi connectivity index (χ4n) is 2.93. The van der Waals surface area contributed by atoms with Crippen LogP contribution in [-0.2, 0) is 15.9 Å². The maximum absolute atomic E-state index is 13.4. The summed E-state index contributed by atoms with van der Waals surface area (Å²) in [7, 11) is 1.53. The molecule has 2 aromatic carbocycles. The molecule has 0 aliphatic carbocycles. The van der Waals surface area contributed by atoms with Crippen LogP contribution in [0.4, 0.5) is 18.9 Å². The van der Waals surface area contributed by atoms with Gasteiger partial charge in [-0.1, -0.05) is 6.07 Å². The van der Waals surface area contributed by atoms with Gasteiger partial charge in [0.25, 0.3) is 5.91 Å². The Labute approximate surface area is 200 Å². The Morgan fingerprint density at radius 1 is 1.06 bits per heavy atom. The van der Waals surface area contributed by atoms with Crippen molar-refractivity contribution in [2.75, 3.05) is 32.8 Å². The number of hydrogen-bond acceptors (Lipinski definition) is 7. The topological polar surface area (TPSA) is 99.1 Å². The average Bonchev–Trinajstić information content (AvgIpc) is 2.83. The number of amides is 1. The van der Waals surface area contributed by atoms with Gasteiger partial charge in [0.1, 0.15) is 11.3 Å². The number of rotatable bonds is 7. The molecule has 0 fully saturated rings. The summed E-state index contributed by atoms with van der Waals surface area (Å²) >= 11 is 0. The van der Waals surface area contributed by atoms with Gasteiger partial charge in [0.15, 0.2) is 11.5 Å². The van der Waals surface area contributed by atoms with E-state index in [0.29, 0.717) is 22.9 Å². The van der Waals surface area contributed by atoms with Crippen LogP contribution in [-0.4, -0.2) is 42.6 Å². The summed E-state index contributed by atoms with van der Waals surface area (Å²) in [6.45, 7) is 0. The Kier molecular flexibility index (Phi) is 7.54. The zero-order valence-electron chi connectivity index (χ0n) is 19.2. The second kappa shape index (κ2) is 10.2. The quantitative estimate of drug-likeness (QED) is 0.467. The number of anilines is 1. The molecule has 186 valence electrons. The predicted octanol–water partition coefficient (Wildman–Crippen LogP) is 5.25. The summed E-state index contributed by atoms with van der Waals surface area (Å²) in [5.74, 6) is -0.519.